The van der Waals surface area contributed by atoms with Gasteiger partial charge >= 0.3 is 0 Å². The number of nitrogens with zero attached hydrogens (tertiary/aromatic N) is 1. The Morgan fingerprint density at radius 3 is 2.33 bits per heavy atom. The molecule has 1 fully saturated rings. The highest BCUT2D eigenvalue weighted by molar-refractivity contribution is 5.82. The van der Waals surface area contributed by atoms with Crippen LogP contribution in [0.2, 0.25) is 0 Å². The molecule has 0 aromatic heterocycles. The van der Waals surface area contributed by atoms with E-state index < -0.39 is 0 Å². The van der Waals surface area contributed by atoms with Crippen molar-refractivity contribution >= 4 is 5.91 Å². The van der Waals surface area contributed by atoms with Crippen molar-refractivity contribution < 1.29 is 19.2 Å². The van der Waals surface area contributed by atoms with E-state index in [2.05, 4.69) is 19.2 Å². The van der Waals surface area contributed by atoms with E-state index in [9.17, 15) is 4.79 Å². The number of ether oxygens (including phenoxy) is 2. The Balaban J connectivity index is 1.84. The molecule has 3 rings (SSSR count). The first kappa shape index (κ1) is 19.2. The summed E-state index contributed by atoms with van der Waals surface area (Å²) in [4.78, 5) is 16.4. The third-order valence-electron chi connectivity index (χ3n) is 5.22. The van der Waals surface area contributed by atoms with E-state index in [-0.39, 0.29) is 11.9 Å². The van der Waals surface area contributed by atoms with E-state index in [0.717, 1.165) is 48.5 Å². The van der Waals surface area contributed by atoms with Crippen LogP contribution in [-0.2, 0) is 11.3 Å². The molecule has 2 aromatic rings. The lowest BCUT2D eigenvalue weighted by Gasteiger charge is -2.28. The van der Waals surface area contributed by atoms with Crippen molar-refractivity contribution in [2.75, 3.05) is 34.4 Å². The molecule has 1 heterocycles. The predicted octanol–water partition coefficient (Wildman–Crippen LogP) is 2.08. The summed E-state index contributed by atoms with van der Waals surface area (Å²) in [7, 11) is 5.36. The van der Waals surface area contributed by atoms with Crippen LogP contribution in [0.15, 0.2) is 48.5 Å². The Bertz CT molecular complexity index is 757. The van der Waals surface area contributed by atoms with E-state index in [0.29, 0.717) is 11.5 Å². The highest BCUT2D eigenvalue weighted by Crippen LogP contribution is 2.27. The summed E-state index contributed by atoms with van der Waals surface area (Å²) < 4.78 is 10.7. The molecule has 1 amide bonds. The fourth-order valence-electron chi connectivity index (χ4n) is 3.82. The van der Waals surface area contributed by atoms with Crippen molar-refractivity contribution in [2.24, 2.45) is 0 Å². The number of carbonyl (C=O) groups excluding carboxylic acids is 1. The quantitative estimate of drug-likeness (QED) is 0.813. The zero-order valence-electron chi connectivity index (χ0n) is 16.4. The minimum absolute atomic E-state index is 0.211. The number of carbonyl (C=O) groups is 1. The van der Waals surface area contributed by atoms with E-state index in [4.69, 9.17) is 9.47 Å². The number of nitrogens with one attached hydrogen (secondary N) is 1. The van der Waals surface area contributed by atoms with Crippen molar-refractivity contribution in [1.82, 2.24) is 4.90 Å². The molecule has 1 aliphatic rings. The largest absolute Gasteiger partial charge is 0.493 e. The number of likely N-dealkylation sites (N-methyl/N-ethyl adjacent to an activating group) is 1. The second-order valence-electron chi connectivity index (χ2n) is 7.09. The normalized spacial score (nSPS) is 16.0. The number of quaternary nitrogens is 1. The van der Waals surface area contributed by atoms with Gasteiger partial charge in [0.05, 0.1) is 21.3 Å². The zero-order valence-corrected chi connectivity index (χ0v) is 16.4. The summed E-state index contributed by atoms with van der Waals surface area (Å²) in [5.41, 5.74) is 2.17. The third-order valence-corrected chi connectivity index (χ3v) is 5.22. The number of methoxy groups -OCH3 is 2. The van der Waals surface area contributed by atoms with Gasteiger partial charge in [0, 0.05) is 24.2 Å². The maximum Gasteiger partial charge on any atom is 0.285 e. The smallest absolute Gasteiger partial charge is 0.285 e. The van der Waals surface area contributed by atoms with E-state index in [1.54, 1.807) is 14.2 Å². The van der Waals surface area contributed by atoms with Crippen LogP contribution in [0.1, 0.15) is 30.0 Å². The van der Waals surface area contributed by atoms with Gasteiger partial charge in [-0.25, -0.2) is 0 Å². The SMILES string of the molecule is COc1ccc(C[NH+](C)[C@H](C(=O)N2CCCC2)c2ccccc2)cc1OC. The molecule has 27 heavy (non-hydrogen) atoms. The molecule has 0 bridgehead atoms. The molecule has 5 nitrogen and oxygen atoms in total. The standard InChI is InChI=1S/C22H28N2O3/c1-23(16-17-11-12-19(26-2)20(15-17)27-3)21(18-9-5-4-6-10-18)22(25)24-13-7-8-14-24/h4-6,9-12,15,21H,7-8,13-14,16H2,1-3H3/p+1/t21-/m0/s1. The molecule has 1 N–H and O–H groups in total. The summed E-state index contributed by atoms with van der Waals surface area (Å²) >= 11 is 0. The van der Waals surface area contributed by atoms with Crippen LogP contribution in [0.25, 0.3) is 0 Å². The summed E-state index contributed by atoms with van der Waals surface area (Å²) in [5, 5.41) is 0. The summed E-state index contributed by atoms with van der Waals surface area (Å²) in [6.45, 7) is 2.46. The number of amides is 1. The second-order valence-corrected chi connectivity index (χ2v) is 7.09. The van der Waals surface area contributed by atoms with E-state index in [1.165, 1.54) is 0 Å². The van der Waals surface area contributed by atoms with Crippen LogP contribution in [0, 0.1) is 0 Å². The molecule has 2 aromatic carbocycles. The maximum absolute atomic E-state index is 13.3. The minimum atomic E-state index is -0.211. The Morgan fingerprint density at radius 2 is 1.70 bits per heavy atom. The molecule has 5 heteroatoms. The number of hydrogen-bond acceptors (Lipinski definition) is 3. The minimum Gasteiger partial charge on any atom is -0.493 e. The van der Waals surface area contributed by atoms with E-state index in [1.807, 2.05) is 41.3 Å². The number of benzene rings is 2. The summed E-state index contributed by atoms with van der Waals surface area (Å²) in [6.07, 6.45) is 2.20. The molecule has 0 radical (unpaired) electrons. The fraction of sp³-hybridized carbons (Fsp3) is 0.409. The average Bonchev–Trinajstić information content (AvgIpc) is 3.23. The van der Waals surface area contributed by atoms with Gasteiger partial charge in [0.2, 0.25) is 0 Å². The van der Waals surface area contributed by atoms with Gasteiger partial charge in [0.25, 0.3) is 5.91 Å². The van der Waals surface area contributed by atoms with Crippen molar-refractivity contribution in [1.29, 1.82) is 0 Å². The predicted molar refractivity (Wildman–Crippen MR) is 105 cm³/mol. The van der Waals surface area contributed by atoms with Crippen LogP contribution in [0.3, 0.4) is 0 Å². The lowest BCUT2D eigenvalue weighted by Crippen LogP contribution is -3.09. The highest BCUT2D eigenvalue weighted by Gasteiger charge is 2.34. The zero-order chi connectivity index (χ0) is 19.2. The van der Waals surface area contributed by atoms with Crippen LogP contribution < -0.4 is 14.4 Å². The van der Waals surface area contributed by atoms with Gasteiger partial charge < -0.3 is 19.3 Å². The van der Waals surface area contributed by atoms with Gasteiger partial charge in [-0.1, -0.05) is 30.3 Å². The Hall–Kier alpha value is -2.53. The third kappa shape index (κ3) is 4.42. The Morgan fingerprint density at radius 1 is 1.04 bits per heavy atom. The monoisotopic (exact) mass is 369 g/mol. The van der Waals surface area contributed by atoms with Gasteiger partial charge in [-0.15, -0.1) is 0 Å². The van der Waals surface area contributed by atoms with Gasteiger partial charge in [-0.2, -0.15) is 0 Å². The van der Waals surface area contributed by atoms with Crippen molar-refractivity contribution in [3.05, 3.63) is 59.7 Å². The number of rotatable bonds is 7. The molecule has 0 spiro atoms. The van der Waals surface area contributed by atoms with Crippen LogP contribution in [0.4, 0.5) is 0 Å². The summed E-state index contributed by atoms with van der Waals surface area (Å²) in [6, 6.07) is 15.8. The first-order valence-corrected chi connectivity index (χ1v) is 9.51. The molecule has 2 atom stereocenters. The maximum atomic E-state index is 13.3. The van der Waals surface area contributed by atoms with Gasteiger partial charge in [-0.05, 0) is 31.0 Å². The summed E-state index contributed by atoms with van der Waals surface area (Å²) in [5.74, 6) is 1.65. The average molecular weight is 369 g/mol. The molecular formula is C22H29N2O3+. The second kappa shape index (κ2) is 8.91. The molecule has 144 valence electrons. The van der Waals surface area contributed by atoms with Crippen molar-refractivity contribution in [3.8, 4) is 11.5 Å². The van der Waals surface area contributed by atoms with E-state index >= 15 is 0 Å². The Kier molecular flexibility index (Phi) is 6.35. The lowest BCUT2D eigenvalue weighted by molar-refractivity contribution is -0.916. The fourth-order valence-corrected chi connectivity index (χ4v) is 3.82. The van der Waals surface area contributed by atoms with Crippen LogP contribution in [-0.4, -0.2) is 45.2 Å². The van der Waals surface area contributed by atoms with Gasteiger partial charge in [0.15, 0.2) is 17.5 Å². The van der Waals surface area contributed by atoms with Gasteiger partial charge in [-0.3, -0.25) is 4.79 Å². The Labute approximate surface area is 161 Å². The highest BCUT2D eigenvalue weighted by atomic mass is 16.5. The van der Waals surface area contributed by atoms with Crippen molar-refractivity contribution in [3.63, 3.8) is 0 Å². The molecule has 0 saturated carbocycles. The lowest BCUT2D eigenvalue weighted by atomic mass is 10.0. The van der Waals surface area contributed by atoms with Crippen LogP contribution in [0.5, 0.6) is 11.5 Å². The molecule has 1 unspecified atom stereocenters. The first-order valence-electron chi connectivity index (χ1n) is 9.51. The first-order chi connectivity index (χ1) is 13.1. The van der Waals surface area contributed by atoms with Crippen LogP contribution >= 0.6 is 0 Å². The van der Waals surface area contributed by atoms with Gasteiger partial charge in [0.1, 0.15) is 6.54 Å². The van der Waals surface area contributed by atoms with Crippen molar-refractivity contribution in [2.45, 2.75) is 25.4 Å². The molecule has 1 saturated heterocycles. The number of likely N-dealkylation sites (tertiary alicyclic amines) is 1. The molecule has 1 aliphatic heterocycles. The molecule has 0 aliphatic carbocycles. The topological polar surface area (TPSA) is 43.2 Å². The number of hydrogen-bond donors (Lipinski definition) is 1. The molecular weight excluding hydrogens is 340 g/mol.